The van der Waals surface area contributed by atoms with Crippen molar-refractivity contribution in [1.82, 2.24) is 0 Å². The van der Waals surface area contributed by atoms with Crippen molar-refractivity contribution >= 4 is 0 Å². The second-order valence-electron chi connectivity index (χ2n) is 5.92. The molecular weight excluding hydrogens is 240 g/mol. The monoisotopic (exact) mass is 270 g/mol. The van der Waals surface area contributed by atoms with Crippen LogP contribution in [0.15, 0.2) is 12.3 Å². The molecule has 1 saturated heterocycles. The summed E-state index contributed by atoms with van der Waals surface area (Å²) >= 11 is 0. The van der Waals surface area contributed by atoms with Gasteiger partial charge in [0.2, 0.25) is 0 Å². The smallest absolute Gasteiger partial charge is 0.117 e. The Hall–Kier alpha value is -0.540. The van der Waals surface area contributed by atoms with E-state index in [4.69, 9.17) is 14.5 Å². The summed E-state index contributed by atoms with van der Waals surface area (Å²) in [4.78, 5) is 11.4. The van der Waals surface area contributed by atoms with Crippen molar-refractivity contribution in [2.75, 3.05) is 7.11 Å². The van der Waals surface area contributed by atoms with Gasteiger partial charge in [-0.1, -0.05) is 40.0 Å². The van der Waals surface area contributed by atoms with E-state index < -0.39 is 0 Å². The maximum atomic E-state index is 5.73. The number of hydrogen-bond acceptors (Lipinski definition) is 3. The van der Waals surface area contributed by atoms with Crippen LogP contribution in [0.4, 0.5) is 0 Å². The molecule has 3 nitrogen and oxygen atoms in total. The predicted octanol–water partition coefficient (Wildman–Crippen LogP) is 4.48. The molecule has 0 unspecified atom stereocenters. The van der Waals surface area contributed by atoms with Crippen LogP contribution in [0.1, 0.15) is 59.8 Å². The summed E-state index contributed by atoms with van der Waals surface area (Å²) in [5, 5.41) is 0. The van der Waals surface area contributed by atoms with Gasteiger partial charge in [-0.2, -0.15) is 0 Å². The fraction of sp³-hybridized carbons (Fsp3) is 0.875. The first-order chi connectivity index (χ1) is 9.08. The van der Waals surface area contributed by atoms with E-state index in [1.807, 2.05) is 6.08 Å². The van der Waals surface area contributed by atoms with Gasteiger partial charge in [-0.15, -0.1) is 0 Å². The summed E-state index contributed by atoms with van der Waals surface area (Å²) in [6.45, 7) is 8.90. The molecule has 0 radical (unpaired) electrons. The molecule has 0 amide bonds. The van der Waals surface area contributed by atoms with Crippen LogP contribution in [0.5, 0.6) is 0 Å². The molecule has 0 aliphatic carbocycles. The Morgan fingerprint density at radius 3 is 2.53 bits per heavy atom. The molecule has 0 N–H and O–H groups in total. The zero-order valence-electron chi connectivity index (χ0n) is 13.1. The van der Waals surface area contributed by atoms with Crippen molar-refractivity contribution in [2.24, 2.45) is 11.8 Å². The van der Waals surface area contributed by atoms with Crippen LogP contribution in [-0.2, 0) is 14.5 Å². The predicted molar refractivity (Wildman–Crippen MR) is 77.6 cm³/mol. The SMILES string of the molecule is CCC(CC)C[C@]1(C)C[C@@H](CC)[C@@H](/C=C/OC)OO1. The van der Waals surface area contributed by atoms with E-state index in [0.717, 1.165) is 25.2 Å². The molecule has 0 spiro atoms. The fourth-order valence-electron chi connectivity index (χ4n) is 2.98. The second kappa shape index (κ2) is 7.91. The van der Waals surface area contributed by atoms with Crippen molar-refractivity contribution < 1.29 is 14.5 Å². The van der Waals surface area contributed by atoms with Crippen LogP contribution >= 0.6 is 0 Å². The van der Waals surface area contributed by atoms with Crippen molar-refractivity contribution in [3.8, 4) is 0 Å². The molecule has 3 atom stereocenters. The van der Waals surface area contributed by atoms with Crippen LogP contribution < -0.4 is 0 Å². The van der Waals surface area contributed by atoms with E-state index in [-0.39, 0.29) is 11.7 Å². The van der Waals surface area contributed by atoms with E-state index in [0.29, 0.717) is 5.92 Å². The van der Waals surface area contributed by atoms with Gasteiger partial charge in [0.1, 0.15) is 11.7 Å². The molecule has 19 heavy (non-hydrogen) atoms. The standard InChI is InChI=1S/C16H30O3/c1-6-13(7-2)11-16(4)12-14(8-3)15(18-19-16)9-10-17-5/h9-10,13-15H,6-8,11-12H2,1-5H3/b10-9+/t14-,15-,16-/m1/s1. The van der Waals surface area contributed by atoms with E-state index in [1.165, 1.54) is 12.8 Å². The van der Waals surface area contributed by atoms with Gasteiger partial charge in [0.05, 0.1) is 13.4 Å². The maximum absolute atomic E-state index is 5.73. The lowest BCUT2D eigenvalue weighted by atomic mass is 9.79. The van der Waals surface area contributed by atoms with Gasteiger partial charge in [-0.25, -0.2) is 9.78 Å². The van der Waals surface area contributed by atoms with Crippen LogP contribution in [0, 0.1) is 11.8 Å². The Bertz CT molecular complexity index is 273. The Kier molecular flexibility index (Phi) is 6.87. The lowest BCUT2D eigenvalue weighted by Crippen LogP contribution is -2.43. The lowest BCUT2D eigenvalue weighted by Gasteiger charge is -2.41. The molecule has 3 heteroatoms. The molecule has 112 valence electrons. The zero-order chi connectivity index (χ0) is 14.3. The summed E-state index contributed by atoms with van der Waals surface area (Å²) in [6.07, 6.45) is 9.29. The molecule has 1 fully saturated rings. The first-order valence-corrected chi connectivity index (χ1v) is 7.62. The molecule has 1 rings (SSSR count). The van der Waals surface area contributed by atoms with E-state index >= 15 is 0 Å². The Labute approximate surface area is 118 Å². The number of methoxy groups -OCH3 is 1. The molecule has 1 aliphatic rings. The highest BCUT2D eigenvalue weighted by molar-refractivity contribution is 4.94. The van der Waals surface area contributed by atoms with Gasteiger partial charge in [0.25, 0.3) is 0 Å². The highest BCUT2D eigenvalue weighted by Gasteiger charge is 2.39. The Balaban J connectivity index is 2.63. The Morgan fingerprint density at radius 2 is 2.00 bits per heavy atom. The summed E-state index contributed by atoms with van der Waals surface area (Å²) in [5.41, 5.74) is -0.144. The summed E-state index contributed by atoms with van der Waals surface area (Å²) < 4.78 is 4.97. The normalized spacial score (nSPS) is 32.1. The summed E-state index contributed by atoms with van der Waals surface area (Å²) in [7, 11) is 1.65. The molecule has 1 aliphatic heterocycles. The highest BCUT2D eigenvalue weighted by atomic mass is 17.2. The number of ether oxygens (including phenoxy) is 1. The first kappa shape index (κ1) is 16.5. The number of rotatable bonds is 7. The fourth-order valence-corrected chi connectivity index (χ4v) is 2.98. The van der Waals surface area contributed by atoms with Gasteiger partial charge in [0, 0.05) is 0 Å². The van der Waals surface area contributed by atoms with E-state index in [1.54, 1.807) is 13.4 Å². The molecule has 0 aromatic rings. The largest absolute Gasteiger partial charge is 0.505 e. The van der Waals surface area contributed by atoms with Crippen LogP contribution in [0.25, 0.3) is 0 Å². The third kappa shape index (κ3) is 4.81. The van der Waals surface area contributed by atoms with Gasteiger partial charge >= 0.3 is 0 Å². The van der Waals surface area contributed by atoms with Gasteiger partial charge in [-0.3, -0.25) is 0 Å². The highest BCUT2D eigenvalue weighted by Crippen LogP contribution is 2.38. The van der Waals surface area contributed by atoms with Crippen molar-refractivity contribution in [1.29, 1.82) is 0 Å². The van der Waals surface area contributed by atoms with Crippen molar-refractivity contribution in [3.05, 3.63) is 12.3 Å². The minimum absolute atomic E-state index is 0.0136. The van der Waals surface area contributed by atoms with Crippen molar-refractivity contribution in [2.45, 2.75) is 71.5 Å². The topological polar surface area (TPSA) is 27.7 Å². The minimum Gasteiger partial charge on any atom is -0.505 e. The third-order valence-corrected chi connectivity index (χ3v) is 4.32. The lowest BCUT2D eigenvalue weighted by molar-refractivity contribution is -0.411. The summed E-state index contributed by atoms with van der Waals surface area (Å²) in [6, 6.07) is 0. The second-order valence-corrected chi connectivity index (χ2v) is 5.92. The Morgan fingerprint density at radius 1 is 1.32 bits per heavy atom. The van der Waals surface area contributed by atoms with Crippen LogP contribution in [-0.4, -0.2) is 18.8 Å². The van der Waals surface area contributed by atoms with Gasteiger partial charge < -0.3 is 4.74 Å². The zero-order valence-corrected chi connectivity index (χ0v) is 13.1. The quantitative estimate of drug-likeness (QED) is 0.504. The van der Waals surface area contributed by atoms with E-state index in [2.05, 4.69) is 27.7 Å². The van der Waals surface area contributed by atoms with Gasteiger partial charge in [0.15, 0.2) is 0 Å². The van der Waals surface area contributed by atoms with Crippen LogP contribution in [0.2, 0.25) is 0 Å². The average molecular weight is 270 g/mol. The van der Waals surface area contributed by atoms with Crippen LogP contribution in [0.3, 0.4) is 0 Å². The first-order valence-electron chi connectivity index (χ1n) is 7.62. The average Bonchev–Trinajstić information content (AvgIpc) is 2.43. The minimum atomic E-state index is -0.144. The molecule has 0 aromatic heterocycles. The maximum Gasteiger partial charge on any atom is 0.117 e. The third-order valence-electron chi connectivity index (χ3n) is 4.32. The van der Waals surface area contributed by atoms with Crippen molar-refractivity contribution in [3.63, 3.8) is 0 Å². The molecule has 1 heterocycles. The van der Waals surface area contributed by atoms with E-state index in [9.17, 15) is 0 Å². The number of hydrogen-bond donors (Lipinski definition) is 0. The van der Waals surface area contributed by atoms with Gasteiger partial charge in [-0.05, 0) is 37.7 Å². The molecule has 0 aromatic carbocycles. The molecule has 0 saturated carbocycles. The molecule has 0 bridgehead atoms. The summed E-state index contributed by atoms with van der Waals surface area (Å²) in [5.74, 6) is 1.22. The molecular formula is C16H30O3.